The summed E-state index contributed by atoms with van der Waals surface area (Å²) < 4.78 is 2.31. The van der Waals surface area contributed by atoms with E-state index < -0.39 is 11.2 Å². The minimum Gasteiger partial charge on any atom is -0.345 e. The van der Waals surface area contributed by atoms with E-state index in [0.717, 1.165) is 4.57 Å². The molecular weight excluding hydrogens is 298 g/mol. The number of H-pyrrole nitrogens is 1. The first-order chi connectivity index (χ1) is 11.0. The lowest BCUT2D eigenvalue weighted by Gasteiger charge is -2.02. The van der Waals surface area contributed by atoms with Gasteiger partial charge in [-0.3, -0.25) is 18.7 Å². The van der Waals surface area contributed by atoms with Crippen LogP contribution in [0.25, 0.3) is 11.2 Å². The molecule has 0 bridgehead atoms. The highest BCUT2D eigenvalue weighted by Crippen LogP contribution is 2.05. The molecule has 0 radical (unpaired) electrons. The Bertz CT molecular complexity index is 998. The van der Waals surface area contributed by atoms with E-state index in [0.29, 0.717) is 17.0 Å². The number of carbonyl (C=O) groups is 1. The molecule has 1 aromatic carbocycles. The van der Waals surface area contributed by atoms with Gasteiger partial charge in [-0.25, -0.2) is 9.78 Å². The molecule has 2 N–H and O–H groups in total. The molecule has 0 atom stereocenters. The van der Waals surface area contributed by atoms with Crippen molar-refractivity contribution in [1.29, 1.82) is 0 Å². The van der Waals surface area contributed by atoms with Crippen molar-refractivity contribution in [3.63, 3.8) is 0 Å². The molecular formula is C15H15N5O3. The van der Waals surface area contributed by atoms with Gasteiger partial charge in [0.05, 0.1) is 6.54 Å². The molecule has 0 spiro atoms. The number of nitrogens with zero attached hydrogens (tertiary/aromatic N) is 3. The smallest absolute Gasteiger partial charge is 0.332 e. The second kappa shape index (κ2) is 5.56. The van der Waals surface area contributed by atoms with Crippen LogP contribution in [0.1, 0.15) is 16.2 Å². The number of hydrogen-bond acceptors (Lipinski definition) is 4. The van der Waals surface area contributed by atoms with Crippen LogP contribution in [0.3, 0.4) is 0 Å². The Hall–Kier alpha value is -3.16. The molecule has 3 aromatic rings. The number of aromatic nitrogens is 4. The van der Waals surface area contributed by atoms with Crippen LogP contribution >= 0.6 is 0 Å². The highest BCUT2D eigenvalue weighted by molar-refractivity contribution is 5.94. The zero-order chi connectivity index (χ0) is 16.6. The Morgan fingerprint density at radius 3 is 2.57 bits per heavy atom. The zero-order valence-electron chi connectivity index (χ0n) is 12.7. The molecule has 0 unspecified atom stereocenters. The Labute approximate surface area is 130 Å². The second-order valence-corrected chi connectivity index (χ2v) is 5.14. The summed E-state index contributed by atoms with van der Waals surface area (Å²) in [5, 5.41) is 2.72. The molecule has 23 heavy (non-hydrogen) atoms. The predicted octanol–water partition coefficient (Wildman–Crippen LogP) is -0.110. The van der Waals surface area contributed by atoms with Crippen LogP contribution in [0.5, 0.6) is 0 Å². The van der Waals surface area contributed by atoms with Gasteiger partial charge in [-0.1, -0.05) is 18.2 Å². The lowest BCUT2D eigenvalue weighted by Crippen LogP contribution is -2.36. The third-order valence-corrected chi connectivity index (χ3v) is 3.60. The molecule has 0 aliphatic heterocycles. The van der Waals surface area contributed by atoms with Crippen molar-refractivity contribution < 1.29 is 4.79 Å². The summed E-state index contributed by atoms with van der Waals surface area (Å²) in [6.45, 7) is 0.125. The molecule has 2 heterocycles. The third kappa shape index (κ3) is 2.54. The van der Waals surface area contributed by atoms with Crippen molar-refractivity contribution in [3.05, 3.63) is 62.6 Å². The van der Waals surface area contributed by atoms with Gasteiger partial charge in [-0.05, 0) is 12.1 Å². The summed E-state index contributed by atoms with van der Waals surface area (Å²) in [6.07, 6.45) is 0. The highest BCUT2D eigenvalue weighted by Gasteiger charge is 2.14. The second-order valence-electron chi connectivity index (χ2n) is 5.14. The molecule has 118 valence electrons. The minimum absolute atomic E-state index is 0.125. The molecule has 8 heteroatoms. The third-order valence-electron chi connectivity index (χ3n) is 3.60. The maximum atomic E-state index is 12.1. The number of rotatable bonds is 3. The fourth-order valence-electron chi connectivity index (χ4n) is 2.31. The number of nitrogens with one attached hydrogen (secondary N) is 2. The normalized spacial score (nSPS) is 10.9. The average Bonchev–Trinajstić information content (AvgIpc) is 3.01. The Kier molecular flexibility index (Phi) is 3.57. The van der Waals surface area contributed by atoms with E-state index in [2.05, 4.69) is 15.3 Å². The SMILES string of the molecule is Cn1c(=O)c2nc(CNC(=O)c3ccccc3)[nH]c2n(C)c1=O. The van der Waals surface area contributed by atoms with Crippen LogP contribution in [-0.2, 0) is 20.6 Å². The highest BCUT2D eigenvalue weighted by atomic mass is 16.2. The summed E-state index contributed by atoms with van der Waals surface area (Å²) >= 11 is 0. The molecule has 0 saturated carbocycles. The predicted molar refractivity (Wildman–Crippen MR) is 84.2 cm³/mol. The number of imidazole rings is 1. The standard InChI is InChI=1S/C15H15N5O3/c1-19-12-11(14(22)20(2)15(19)23)17-10(18-12)8-16-13(21)9-6-4-3-5-7-9/h3-7H,8H2,1-2H3,(H,16,21)(H,17,18). The maximum absolute atomic E-state index is 12.1. The van der Waals surface area contributed by atoms with Crippen molar-refractivity contribution in [3.8, 4) is 0 Å². The molecule has 1 amide bonds. The van der Waals surface area contributed by atoms with Crippen molar-refractivity contribution in [1.82, 2.24) is 24.4 Å². The van der Waals surface area contributed by atoms with Crippen LogP contribution in [0.2, 0.25) is 0 Å². The quantitative estimate of drug-likeness (QED) is 0.704. The van der Waals surface area contributed by atoms with Gasteiger partial charge in [0, 0.05) is 19.7 Å². The van der Waals surface area contributed by atoms with Crippen molar-refractivity contribution in [2.24, 2.45) is 14.1 Å². The largest absolute Gasteiger partial charge is 0.345 e. The van der Waals surface area contributed by atoms with Crippen molar-refractivity contribution in [2.75, 3.05) is 0 Å². The van der Waals surface area contributed by atoms with E-state index in [9.17, 15) is 14.4 Å². The molecule has 0 aliphatic carbocycles. The first-order valence-electron chi connectivity index (χ1n) is 6.97. The molecule has 3 rings (SSSR count). The molecule has 2 aromatic heterocycles. The summed E-state index contributed by atoms with van der Waals surface area (Å²) in [5.41, 5.74) is 0.124. The van der Waals surface area contributed by atoms with Crippen molar-refractivity contribution in [2.45, 2.75) is 6.54 Å². The monoisotopic (exact) mass is 313 g/mol. The van der Waals surface area contributed by atoms with Gasteiger partial charge in [0.2, 0.25) is 0 Å². The number of fused-ring (bicyclic) bond motifs is 1. The van der Waals surface area contributed by atoms with Gasteiger partial charge in [0.25, 0.3) is 11.5 Å². The molecule has 0 fully saturated rings. The fourth-order valence-corrected chi connectivity index (χ4v) is 2.31. The Morgan fingerprint density at radius 2 is 1.87 bits per heavy atom. The Balaban J connectivity index is 1.89. The number of hydrogen-bond donors (Lipinski definition) is 2. The van der Waals surface area contributed by atoms with Gasteiger partial charge in [0.1, 0.15) is 11.5 Å². The average molecular weight is 313 g/mol. The number of aryl methyl sites for hydroxylation is 1. The van der Waals surface area contributed by atoms with Gasteiger partial charge in [-0.15, -0.1) is 0 Å². The molecule has 8 nitrogen and oxygen atoms in total. The number of benzene rings is 1. The number of aromatic amines is 1. The van der Waals surface area contributed by atoms with Gasteiger partial charge in [-0.2, -0.15) is 0 Å². The van der Waals surface area contributed by atoms with Crippen LogP contribution in [0.15, 0.2) is 39.9 Å². The van der Waals surface area contributed by atoms with Gasteiger partial charge < -0.3 is 10.3 Å². The summed E-state index contributed by atoms with van der Waals surface area (Å²) in [6, 6.07) is 8.78. The van der Waals surface area contributed by atoms with E-state index in [4.69, 9.17) is 0 Å². The summed E-state index contributed by atoms with van der Waals surface area (Å²) in [7, 11) is 2.95. The zero-order valence-corrected chi connectivity index (χ0v) is 12.7. The number of carbonyl (C=O) groups excluding carboxylic acids is 1. The van der Waals surface area contributed by atoms with Crippen molar-refractivity contribution >= 4 is 17.1 Å². The van der Waals surface area contributed by atoms with E-state index in [1.54, 1.807) is 31.3 Å². The van der Waals surface area contributed by atoms with E-state index >= 15 is 0 Å². The van der Waals surface area contributed by atoms with Gasteiger partial charge in [0.15, 0.2) is 5.52 Å². The lowest BCUT2D eigenvalue weighted by molar-refractivity contribution is 0.0950. The summed E-state index contributed by atoms with van der Waals surface area (Å²) in [5.74, 6) is 0.162. The first kappa shape index (κ1) is 14.8. The van der Waals surface area contributed by atoms with E-state index in [1.165, 1.54) is 11.6 Å². The molecule has 0 saturated heterocycles. The lowest BCUT2D eigenvalue weighted by atomic mass is 10.2. The summed E-state index contributed by atoms with van der Waals surface area (Å²) in [4.78, 5) is 43.0. The maximum Gasteiger partial charge on any atom is 0.332 e. The van der Waals surface area contributed by atoms with Crippen LogP contribution in [-0.4, -0.2) is 25.0 Å². The number of amides is 1. The minimum atomic E-state index is -0.472. The fraction of sp³-hybridized carbons (Fsp3) is 0.200. The topological polar surface area (TPSA) is 102 Å². The molecule has 0 aliphatic rings. The first-order valence-corrected chi connectivity index (χ1v) is 6.97. The van der Waals surface area contributed by atoms with Crippen LogP contribution in [0, 0.1) is 0 Å². The van der Waals surface area contributed by atoms with E-state index in [1.807, 2.05) is 6.07 Å². The van der Waals surface area contributed by atoms with Crippen LogP contribution < -0.4 is 16.6 Å². The van der Waals surface area contributed by atoms with Crippen LogP contribution in [0.4, 0.5) is 0 Å². The van der Waals surface area contributed by atoms with Gasteiger partial charge >= 0.3 is 5.69 Å². The van der Waals surface area contributed by atoms with E-state index in [-0.39, 0.29) is 18.0 Å². The Morgan fingerprint density at radius 1 is 1.17 bits per heavy atom.